The average molecular weight is 201 g/mol. The van der Waals surface area contributed by atoms with Crippen LogP contribution in [0.15, 0.2) is 0 Å². The van der Waals surface area contributed by atoms with Crippen LogP contribution in [-0.2, 0) is 4.74 Å². The Hall–Kier alpha value is -0.810. The minimum Gasteiger partial charge on any atom is -0.373 e. The minimum absolute atomic E-state index is 0.0264. The monoisotopic (exact) mass is 201 g/mol. The average Bonchev–Trinajstić information content (AvgIpc) is 2.18. The number of nitrogens with one attached hydrogen (secondary N) is 1. The lowest BCUT2D eigenvalue weighted by Gasteiger charge is -2.34. The number of amides is 2. The van der Waals surface area contributed by atoms with E-state index in [-0.39, 0.29) is 18.2 Å². The molecule has 5 heteroatoms. The molecule has 0 saturated carbocycles. The molecule has 1 saturated heterocycles. The number of carbonyl (C=O) groups is 1. The largest absolute Gasteiger partial charge is 0.373 e. The van der Waals surface area contributed by atoms with Gasteiger partial charge in [-0.15, -0.1) is 0 Å². The van der Waals surface area contributed by atoms with Gasteiger partial charge in [-0.2, -0.15) is 0 Å². The van der Waals surface area contributed by atoms with E-state index >= 15 is 0 Å². The van der Waals surface area contributed by atoms with Crippen LogP contribution in [0.5, 0.6) is 0 Å². The second-order valence-electron chi connectivity index (χ2n) is 3.55. The van der Waals surface area contributed by atoms with E-state index < -0.39 is 0 Å². The summed E-state index contributed by atoms with van der Waals surface area (Å²) in [6, 6.07) is -0.0614. The van der Waals surface area contributed by atoms with Gasteiger partial charge in [-0.25, -0.2) is 4.79 Å². The van der Waals surface area contributed by atoms with E-state index in [9.17, 15) is 4.79 Å². The van der Waals surface area contributed by atoms with Gasteiger partial charge >= 0.3 is 6.03 Å². The molecule has 3 N–H and O–H groups in total. The second-order valence-corrected chi connectivity index (χ2v) is 3.55. The first kappa shape index (κ1) is 11.3. The summed E-state index contributed by atoms with van der Waals surface area (Å²) in [5.41, 5.74) is 5.72. The van der Waals surface area contributed by atoms with E-state index in [1.54, 1.807) is 4.90 Å². The molecule has 1 heterocycles. The molecule has 0 aliphatic carbocycles. The molecule has 0 radical (unpaired) electrons. The molecule has 0 spiro atoms. The molecule has 0 aromatic carbocycles. The molecule has 1 aliphatic heterocycles. The zero-order valence-corrected chi connectivity index (χ0v) is 8.82. The van der Waals surface area contributed by atoms with Gasteiger partial charge < -0.3 is 20.7 Å². The molecule has 5 nitrogen and oxygen atoms in total. The van der Waals surface area contributed by atoms with Gasteiger partial charge in [-0.05, 0) is 13.8 Å². The van der Waals surface area contributed by atoms with Gasteiger partial charge in [0.15, 0.2) is 0 Å². The van der Waals surface area contributed by atoms with Gasteiger partial charge in [-0.1, -0.05) is 0 Å². The Morgan fingerprint density at radius 3 is 3.07 bits per heavy atom. The summed E-state index contributed by atoms with van der Waals surface area (Å²) in [5.74, 6) is 0. The van der Waals surface area contributed by atoms with Gasteiger partial charge in [-0.3, -0.25) is 0 Å². The van der Waals surface area contributed by atoms with Crippen LogP contribution in [0.3, 0.4) is 0 Å². The molecule has 14 heavy (non-hydrogen) atoms. The van der Waals surface area contributed by atoms with Gasteiger partial charge in [0.05, 0.1) is 19.3 Å². The van der Waals surface area contributed by atoms with E-state index in [4.69, 9.17) is 10.5 Å². The molecule has 2 unspecified atom stereocenters. The summed E-state index contributed by atoms with van der Waals surface area (Å²) in [5, 5.41) is 2.77. The predicted molar refractivity (Wildman–Crippen MR) is 54.0 cm³/mol. The van der Waals surface area contributed by atoms with Gasteiger partial charge in [0.1, 0.15) is 0 Å². The Balaban J connectivity index is 2.43. The van der Waals surface area contributed by atoms with E-state index in [0.717, 1.165) is 0 Å². The van der Waals surface area contributed by atoms with Crippen LogP contribution in [0.25, 0.3) is 0 Å². The van der Waals surface area contributed by atoms with Crippen LogP contribution in [0.2, 0.25) is 0 Å². The fraction of sp³-hybridized carbons (Fsp3) is 0.889. The Labute approximate surface area is 84.6 Å². The zero-order chi connectivity index (χ0) is 10.6. The lowest BCUT2D eigenvalue weighted by molar-refractivity contribution is -0.0236. The maximum absolute atomic E-state index is 11.5. The van der Waals surface area contributed by atoms with Crippen molar-refractivity contribution < 1.29 is 9.53 Å². The summed E-state index contributed by atoms with van der Waals surface area (Å²) in [6.45, 7) is 6.26. The van der Waals surface area contributed by atoms with Crippen molar-refractivity contribution in [3.05, 3.63) is 0 Å². The number of urea groups is 1. The summed E-state index contributed by atoms with van der Waals surface area (Å²) < 4.78 is 5.45. The lowest BCUT2D eigenvalue weighted by Crippen LogP contribution is -2.53. The predicted octanol–water partition coefficient (Wildman–Crippen LogP) is -0.236. The Kier molecular flexibility index (Phi) is 4.16. The van der Waals surface area contributed by atoms with Crippen LogP contribution < -0.4 is 11.1 Å². The highest BCUT2D eigenvalue weighted by Crippen LogP contribution is 2.07. The molecule has 0 aromatic rings. The van der Waals surface area contributed by atoms with E-state index in [2.05, 4.69) is 5.32 Å². The topological polar surface area (TPSA) is 67.6 Å². The first-order valence-electron chi connectivity index (χ1n) is 5.05. The minimum atomic E-state index is -0.0358. The third-order valence-electron chi connectivity index (χ3n) is 2.30. The zero-order valence-electron chi connectivity index (χ0n) is 8.82. The van der Waals surface area contributed by atoms with Crippen molar-refractivity contribution in [2.24, 2.45) is 5.73 Å². The summed E-state index contributed by atoms with van der Waals surface area (Å²) in [6.07, 6.45) is -0.0358. The van der Waals surface area contributed by atoms with Crippen LogP contribution in [-0.4, -0.2) is 49.3 Å². The number of hydrogen-bond acceptors (Lipinski definition) is 3. The molecule has 0 aromatic heterocycles. The van der Waals surface area contributed by atoms with Crippen molar-refractivity contribution in [2.45, 2.75) is 26.0 Å². The summed E-state index contributed by atoms with van der Waals surface area (Å²) in [7, 11) is 0. The highest BCUT2D eigenvalue weighted by molar-refractivity contribution is 5.74. The summed E-state index contributed by atoms with van der Waals surface area (Å²) >= 11 is 0. The molecule has 1 rings (SSSR count). The molecular formula is C9H19N3O2. The molecule has 82 valence electrons. The van der Waals surface area contributed by atoms with Crippen LogP contribution >= 0.6 is 0 Å². The SMILES string of the molecule is CCNC(=O)N1CCOC(C(C)N)C1. The van der Waals surface area contributed by atoms with Crippen molar-refractivity contribution >= 4 is 6.03 Å². The molecule has 1 aliphatic rings. The number of rotatable bonds is 2. The molecule has 2 amide bonds. The van der Waals surface area contributed by atoms with Crippen LogP contribution in [0.4, 0.5) is 4.79 Å². The maximum Gasteiger partial charge on any atom is 0.317 e. The lowest BCUT2D eigenvalue weighted by atomic mass is 10.1. The molecule has 2 atom stereocenters. The van der Waals surface area contributed by atoms with Crippen molar-refractivity contribution in [1.82, 2.24) is 10.2 Å². The quantitative estimate of drug-likeness (QED) is 0.648. The van der Waals surface area contributed by atoms with Gasteiger partial charge in [0.2, 0.25) is 0 Å². The van der Waals surface area contributed by atoms with Crippen LogP contribution in [0, 0.1) is 0 Å². The van der Waals surface area contributed by atoms with Gasteiger partial charge in [0.25, 0.3) is 0 Å². The molecule has 1 fully saturated rings. The second kappa shape index (κ2) is 5.17. The summed E-state index contributed by atoms with van der Waals surface area (Å²) in [4.78, 5) is 13.2. The highest BCUT2D eigenvalue weighted by Gasteiger charge is 2.25. The Morgan fingerprint density at radius 1 is 1.79 bits per heavy atom. The Bertz CT molecular complexity index is 196. The standard InChI is InChI=1S/C9H19N3O2/c1-3-11-9(13)12-4-5-14-8(6-12)7(2)10/h7-8H,3-6,10H2,1-2H3,(H,11,13). The first-order chi connectivity index (χ1) is 6.65. The van der Waals surface area contributed by atoms with Gasteiger partial charge in [0, 0.05) is 19.1 Å². The smallest absolute Gasteiger partial charge is 0.317 e. The number of morpholine rings is 1. The van der Waals surface area contributed by atoms with E-state index in [0.29, 0.717) is 26.2 Å². The fourth-order valence-corrected chi connectivity index (χ4v) is 1.44. The number of carbonyl (C=O) groups excluding carboxylic acids is 1. The van der Waals surface area contributed by atoms with E-state index in [1.807, 2.05) is 13.8 Å². The number of hydrogen-bond donors (Lipinski definition) is 2. The van der Waals surface area contributed by atoms with E-state index in [1.165, 1.54) is 0 Å². The highest BCUT2D eigenvalue weighted by atomic mass is 16.5. The number of ether oxygens (including phenoxy) is 1. The third kappa shape index (κ3) is 2.85. The van der Waals surface area contributed by atoms with Crippen molar-refractivity contribution in [3.8, 4) is 0 Å². The normalized spacial score (nSPS) is 24.5. The van der Waals surface area contributed by atoms with Crippen molar-refractivity contribution in [1.29, 1.82) is 0 Å². The first-order valence-corrected chi connectivity index (χ1v) is 5.05. The molecular weight excluding hydrogens is 182 g/mol. The number of nitrogens with zero attached hydrogens (tertiary/aromatic N) is 1. The van der Waals surface area contributed by atoms with Crippen molar-refractivity contribution in [3.63, 3.8) is 0 Å². The number of nitrogens with two attached hydrogens (primary N) is 1. The van der Waals surface area contributed by atoms with Crippen molar-refractivity contribution in [2.75, 3.05) is 26.2 Å². The van der Waals surface area contributed by atoms with Crippen LogP contribution in [0.1, 0.15) is 13.8 Å². The third-order valence-corrected chi connectivity index (χ3v) is 2.30. The fourth-order valence-electron chi connectivity index (χ4n) is 1.44. The Morgan fingerprint density at radius 2 is 2.50 bits per heavy atom. The molecule has 0 bridgehead atoms. The maximum atomic E-state index is 11.5.